The monoisotopic (exact) mass is 435 g/mol. The maximum Gasteiger partial charge on any atom is 0.271 e. The molecule has 4 aromatic rings. The molecule has 0 fully saturated rings. The molecule has 0 saturated heterocycles. The minimum Gasteiger partial charge on any atom is -0.342 e. The first kappa shape index (κ1) is 21.5. The van der Waals surface area contributed by atoms with E-state index in [0.29, 0.717) is 23.4 Å². The summed E-state index contributed by atoms with van der Waals surface area (Å²) in [6.45, 7) is 2.05. The third-order valence-corrected chi connectivity index (χ3v) is 5.07. The fraction of sp³-hybridized carbons (Fsp3) is 0.0769. The second-order valence-electron chi connectivity index (χ2n) is 7.50. The number of hydrogen-bond donors (Lipinski definition) is 2. The van der Waals surface area contributed by atoms with Gasteiger partial charge in [0.25, 0.3) is 5.91 Å². The van der Waals surface area contributed by atoms with Gasteiger partial charge in [-0.25, -0.2) is 5.43 Å². The number of carbonyl (C=O) groups is 2. The predicted molar refractivity (Wildman–Crippen MR) is 128 cm³/mol. The Balaban J connectivity index is 1.52. The quantitative estimate of drug-likeness (QED) is 0.349. The lowest BCUT2D eigenvalue weighted by Crippen LogP contribution is -2.18. The van der Waals surface area contributed by atoms with Crippen LogP contribution in [0.15, 0.2) is 84.1 Å². The normalized spacial score (nSPS) is 10.8. The van der Waals surface area contributed by atoms with E-state index in [4.69, 9.17) is 5.26 Å². The van der Waals surface area contributed by atoms with Crippen LogP contribution in [-0.2, 0) is 11.3 Å². The van der Waals surface area contributed by atoms with Crippen molar-refractivity contribution in [3.63, 3.8) is 0 Å². The van der Waals surface area contributed by atoms with Crippen LogP contribution in [0, 0.1) is 11.3 Å². The summed E-state index contributed by atoms with van der Waals surface area (Å²) in [5.41, 5.74) is 7.09. The summed E-state index contributed by atoms with van der Waals surface area (Å²) in [5, 5.41) is 16.8. The van der Waals surface area contributed by atoms with E-state index in [1.807, 2.05) is 42.6 Å². The first-order valence-corrected chi connectivity index (χ1v) is 10.3. The molecule has 0 unspecified atom stereocenters. The Morgan fingerprint density at radius 3 is 2.61 bits per heavy atom. The zero-order chi connectivity index (χ0) is 23.2. The number of nitrogens with one attached hydrogen (secondary N) is 2. The minimum atomic E-state index is -0.375. The van der Waals surface area contributed by atoms with Crippen molar-refractivity contribution in [3.05, 3.63) is 101 Å². The molecule has 1 aromatic heterocycles. The highest BCUT2D eigenvalue weighted by molar-refractivity contribution is 6.01. The fourth-order valence-electron chi connectivity index (χ4n) is 3.56. The number of benzene rings is 3. The first-order chi connectivity index (χ1) is 16.0. The molecule has 1 heterocycles. The molecule has 0 aliphatic heterocycles. The van der Waals surface area contributed by atoms with E-state index in [0.717, 1.165) is 22.0 Å². The summed E-state index contributed by atoms with van der Waals surface area (Å²) in [7, 11) is 0. The van der Waals surface area contributed by atoms with Gasteiger partial charge in [-0.2, -0.15) is 10.4 Å². The number of nitriles is 1. The van der Waals surface area contributed by atoms with Crippen molar-refractivity contribution in [1.29, 1.82) is 5.26 Å². The van der Waals surface area contributed by atoms with Crippen LogP contribution in [0.2, 0.25) is 0 Å². The lowest BCUT2D eigenvalue weighted by Gasteiger charge is -2.05. The van der Waals surface area contributed by atoms with Crippen molar-refractivity contribution >= 4 is 34.6 Å². The Bertz CT molecular complexity index is 1390. The van der Waals surface area contributed by atoms with Gasteiger partial charge in [-0.1, -0.05) is 36.4 Å². The number of aromatic nitrogens is 1. The number of hydrogen-bond acceptors (Lipinski definition) is 4. The van der Waals surface area contributed by atoms with Crippen LogP contribution in [0.4, 0.5) is 5.69 Å². The topological polar surface area (TPSA) is 99.3 Å². The molecule has 7 nitrogen and oxygen atoms in total. The number of hydrazone groups is 1. The number of nitrogens with zero attached hydrogens (tertiary/aromatic N) is 3. The Morgan fingerprint density at radius 2 is 1.85 bits per heavy atom. The van der Waals surface area contributed by atoms with Gasteiger partial charge in [0, 0.05) is 47.4 Å². The molecule has 0 radical (unpaired) electrons. The predicted octanol–water partition coefficient (Wildman–Crippen LogP) is 4.28. The van der Waals surface area contributed by atoms with Crippen molar-refractivity contribution in [2.45, 2.75) is 13.5 Å². The molecule has 2 amide bonds. The maximum absolute atomic E-state index is 12.5. The molecule has 33 heavy (non-hydrogen) atoms. The first-order valence-electron chi connectivity index (χ1n) is 10.3. The second-order valence-corrected chi connectivity index (χ2v) is 7.50. The average molecular weight is 435 g/mol. The molecule has 0 aliphatic rings. The largest absolute Gasteiger partial charge is 0.342 e. The average Bonchev–Trinajstić information content (AvgIpc) is 3.16. The highest BCUT2D eigenvalue weighted by Gasteiger charge is 2.09. The van der Waals surface area contributed by atoms with Crippen molar-refractivity contribution in [2.24, 2.45) is 5.10 Å². The molecular weight excluding hydrogens is 414 g/mol. The van der Waals surface area contributed by atoms with Gasteiger partial charge < -0.3 is 9.88 Å². The van der Waals surface area contributed by atoms with E-state index in [2.05, 4.69) is 26.5 Å². The number of fused-ring (bicyclic) bond motifs is 1. The van der Waals surface area contributed by atoms with E-state index in [1.165, 1.54) is 6.92 Å². The number of para-hydroxylation sites is 1. The molecule has 162 valence electrons. The number of rotatable bonds is 6. The molecule has 3 aromatic carbocycles. The Morgan fingerprint density at radius 1 is 1.06 bits per heavy atom. The van der Waals surface area contributed by atoms with Crippen molar-refractivity contribution in [2.75, 3.05) is 5.32 Å². The van der Waals surface area contributed by atoms with Crippen LogP contribution in [0.1, 0.15) is 34.0 Å². The lowest BCUT2D eigenvalue weighted by molar-refractivity contribution is -0.114. The van der Waals surface area contributed by atoms with E-state index in [-0.39, 0.29) is 11.8 Å². The number of amides is 2. The molecule has 0 spiro atoms. The zero-order valence-electron chi connectivity index (χ0n) is 17.9. The maximum atomic E-state index is 12.5. The molecule has 2 N–H and O–H groups in total. The highest BCUT2D eigenvalue weighted by atomic mass is 16.2. The molecule has 0 saturated carbocycles. The van der Waals surface area contributed by atoms with Gasteiger partial charge in [0.2, 0.25) is 5.91 Å². The number of carbonyl (C=O) groups excluding carboxylic acids is 2. The summed E-state index contributed by atoms with van der Waals surface area (Å²) >= 11 is 0. The summed E-state index contributed by atoms with van der Waals surface area (Å²) < 4.78 is 2.11. The van der Waals surface area contributed by atoms with Gasteiger partial charge in [0.05, 0.1) is 17.8 Å². The van der Waals surface area contributed by atoms with Crippen LogP contribution in [-0.4, -0.2) is 22.6 Å². The van der Waals surface area contributed by atoms with Gasteiger partial charge in [0.15, 0.2) is 0 Å². The summed E-state index contributed by atoms with van der Waals surface area (Å²) in [5.74, 6) is -0.581. The molecule has 0 bridgehead atoms. The smallest absolute Gasteiger partial charge is 0.271 e. The molecule has 0 aliphatic carbocycles. The third-order valence-electron chi connectivity index (χ3n) is 5.07. The van der Waals surface area contributed by atoms with Crippen LogP contribution >= 0.6 is 0 Å². The van der Waals surface area contributed by atoms with Gasteiger partial charge in [0.1, 0.15) is 0 Å². The van der Waals surface area contributed by atoms with Crippen LogP contribution < -0.4 is 10.7 Å². The van der Waals surface area contributed by atoms with Crippen molar-refractivity contribution in [3.8, 4) is 6.07 Å². The Hall–Kier alpha value is -4.70. The van der Waals surface area contributed by atoms with Crippen molar-refractivity contribution in [1.82, 2.24) is 9.99 Å². The van der Waals surface area contributed by atoms with Crippen LogP contribution in [0.5, 0.6) is 0 Å². The van der Waals surface area contributed by atoms with Crippen LogP contribution in [0.3, 0.4) is 0 Å². The van der Waals surface area contributed by atoms with Crippen molar-refractivity contribution < 1.29 is 9.59 Å². The molecule has 0 atom stereocenters. The van der Waals surface area contributed by atoms with E-state index in [9.17, 15) is 9.59 Å². The lowest BCUT2D eigenvalue weighted by atomic mass is 10.1. The Labute approximate surface area is 191 Å². The summed E-state index contributed by atoms with van der Waals surface area (Å²) in [6.07, 6.45) is 3.60. The molecule has 7 heteroatoms. The van der Waals surface area contributed by atoms with Gasteiger partial charge >= 0.3 is 0 Å². The highest BCUT2D eigenvalue weighted by Crippen LogP contribution is 2.21. The third kappa shape index (κ3) is 5.14. The number of anilines is 1. The molecule has 4 rings (SSSR count). The van der Waals surface area contributed by atoms with E-state index >= 15 is 0 Å². The van der Waals surface area contributed by atoms with Gasteiger partial charge in [-0.3, -0.25) is 9.59 Å². The van der Waals surface area contributed by atoms with Gasteiger partial charge in [-0.05, 0) is 42.0 Å². The SMILES string of the molecule is CC(=O)Nc1cccc(C(=O)NN=Cc2cn(Cc3ccc(C#N)cc3)c3ccccc23)c1. The molecular formula is C26H21N5O2. The van der Waals surface area contributed by atoms with Crippen LogP contribution in [0.25, 0.3) is 10.9 Å². The summed E-state index contributed by atoms with van der Waals surface area (Å²) in [4.78, 5) is 23.7. The standard InChI is InChI=1S/C26H21N5O2/c1-18(32)29-23-6-4-5-21(13-23)26(33)30-28-15-22-17-31(25-8-3-2-7-24(22)25)16-20-11-9-19(14-27)10-12-20/h2-13,15,17H,16H2,1H3,(H,29,32)(H,30,33). The minimum absolute atomic E-state index is 0.206. The van der Waals surface area contributed by atoms with E-state index < -0.39 is 0 Å². The van der Waals surface area contributed by atoms with Gasteiger partial charge in [-0.15, -0.1) is 0 Å². The zero-order valence-corrected chi connectivity index (χ0v) is 17.9. The summed E-state index contributed by atoms with van der Waals surface area (Å²) in [6, 6.07) is 24.2. The van der Waals surface area contributed by atoms with E-state index in [1.54, 1.807) is 42.6 Å². The fourth-order valence-corrected chi connectivity index (χ4v) is 3.56. The Kier molecular flexibility index (Phi) is 6.28. The second kappa shape index (κ2) is 9.62.